The van der Waals surface area contributed by atoms with E-state index in [0.717, 1.165) is 32.0 Å². The lowest BCUT2D eigenvalue weighted by Gasteiger charge is -2.17. The van der Waals surface area contributed by atoms with Crippen LogP contribution in [0.2, 0.25) is 0 Å². The van der Waals surface area contributed by atoms with Crippen molar-refractivity contribution in [3.05, 3.63) is 35.4 Å². The quantitative estimate of drug-likeness (QED) is 0.576. The molecule has 7 heteroatoms. The number of likely N-dealkylation sites (tertiary alicyclic amines) is 1. The summed E-state index contributed by atoms with van der Waals surface area (Å²) in [5.74, 6) is -0.949. The van der Waals surface area contributed by atoms with Crippen LogP contribution in [0.3, 0.4) is 0 Å². The van der Waals surface area contributed by atoms with Gasteiger partial charge in [0, 0.05) is 45.1 Å². The number of carbonyl (C=O) groups excluding carboxylic acids is 1. The van der Waals surface area contributed by atoms with Gasteiger partial charge in [-0.2, -0.15) is 0 Å². The molecule has 2 rings (SSSR count). The van der Waals surface area contributed by atoms with Crippen molar-refractivity contribution in [2.24, 2.45) is 4.99 Å². The van der Waals surface area contributed by atoms with Crippen LogP contribution < -0.4 is 10.6 Å². The molecule has 5 nitrogen and oxygen atoms in total. The van der Waals surface area contributed by atoms with Crippen LogP contribution in [0.15, 0.2) is 23.2 Å². The minimum absolute atomic E-state index is 0.0493. The number of carbonyl (C=O) groups is 1. The minimum atomic E-state index is -0.845. The van der Waals surface area contributed by atoms with Crippen LogP contribution in [-0.4, -0.2) is 49.5 Å². The second kappa shape index (κ2) is 10.1. The molecule has 26 heavy (non-hydrogen) atoms. The van der Waals surface area contributed by atoms with E-state index in [1.54, 1.807) is 6.07 Å². The average molecular weight is 366 g/mol. The predicted octanol–water partition coefficient (Wildman–Crippen LogP) is 2.64. The second-order valence-electron chi connectivity index (χ2n) is 6.56. The van der Waals surface area contributed by atoms with Crippen molar-refractivity contribution in [3.63, 3.8) is 0 Å². The van der Waals surface area contributed by atoms with Crippen molar-refractivity contribution >= 4 is 11.9 Å². The van der Waals surface area contributed by atoms with Crippen LogP contribution in [0.5, 0.6) is 0 Å². The maximum Gasteiger partial charge on any atom is 0.224 e. The van der Waals surface area contributed by atoms with Crippen LogP contribution in [0.1, 0.15) is 44.6 Å². The standard InChI is InChI=1S/C19H28F2N4O/c1-3-22-19(23-9-8-18(26)25-10-4-5-11-25)24-13-14(2)15-6-7-16(20)17(21)12-15/h6-7,12,14H,3-5,8-11,13H2,1-2H3,(H2,22,23,24). The van der Waals surface area contributed by atoms with Gasteiger partial charge in [0.05, 0.1) is 0 Å². The Morgan fingerprint density at radius 1 is 1.23 bits per heavy atom. The molecule has 0 spiro atoms. The van der Waals surface area contributed by atoms with Crippen LogP contribution in [-0.2, 0) is 4.79 Å². The summed E-state index contributed by atoms with van der Waals surface area (Å²) < 4.78 is 26.4. The van der Waals surface area contributed by atoms with Crippen molar-refractivity contribution in [2.45, 2.75) is 39.0 Å². The largest absolute Gasteiger partial charge is 0.357 e. The first-order chi connectivity index (χ1) is 12.5. The Kier molecular flexibility index (Phi) is 7.81. The van der Waals surface area contributed by atoms with Gasteiger partial charge in [-0.05, 0) is 37.5 Å². The van der Waals surface area contributed by atoms with Crippen LogP contribution in [0.4, 0.5) is 8.78 Å². The molecule has 1 atom stereocenters. The Bertz CT molecular complexity index is 630. The van der Waals surface area contributed by atoms with E-state index in [0.29, 0.717) is 37.6 Å². The fourth-order valence-corrected chi connectivity index (χ4v) is 2.91. The molecule has 1 aromatic carbocycles. The zero-order chi connectivity index (χ0) is 18.9. The summed E-state index contributed by atoms with van der Waals surface area (Å²) in [5, 5.41) is 6.29. The molecule has 2 N–H and O–H groups in total. The summed E-state index contributed by atoms with van der Waals surface area (Å²) >= 11 is 0. The molecule has 0 saturated carbocycles. The number of benzene rings is 1. The van der Waals surface area contributed by atoms with Crippen LogP contribution >= 0.6 is 0 Å². The third kappa shape index (κ3) is 5.97. The van der Waals surface area contributed by atoms with Gasteiger partial charge in [-0.25, -0.2) is 8.78 Å². The first-order valence-electron chi connectivity index (χ1n) is 9.26. The van der Waals surface area contributed by atoms with Crippen molar-refractivity contribution in [2.75, 3.05) is 32.7 Å². The normalized spacial score (nSPS) is 15.8. The van der Waals surface area contributed by atoms with Gasteiger partial charge in [-0.15, -0.1) is 0 Å². The second-order valence-corrected chi connectivity index (χ2v) is 6.56. The van der Waals surface area contributed by atoms with Gasteiger partial charge in [-0.3, -0.25) is 9.79 Å². The van der Waals surface area contributed by atoms with E-state index < -0.39 is 11.6 Å². The Morgan fingerprint density at radius 3 is 2.62 bits per heavy atom. The maximum atomic E-state index is 13.4. The fourth-order valence-electron chi connectivity index (χ4n) is 2.91. The smallest absolute Gasteiger partial charge is 0.224 e. The number of aliphatic imine (C=N–C) groups is 1. The highest BCUT2D eigenvalue weighted by Crippen LogP contribution is 2.18. The van der Waals surface area contributed by atoms with Crippen molar-refractivity contribution < 1.29 is 13.6 Å². The number of halogens is 2. The van der Waals surface area contributed by atoms with Crippen molar-refractivity contribution in [3.8, 4) is 0 Å². The number of amides is 1. The van der Waals surface area contributed by atoms with E-state index >= 15 is 0 Å². The van der Waals surface area contributed by atoms with E-state index in [1.807, 2.05) is 18.7 Å². The highest BCUT2D eigenvalue weighted by atomic mass is 19.2. The number of nitrogens with one attached hydrogen (secondary N) is 2. The Hall–Kier alpha value is -2.18. The molecule has 0 bridgehead atoms. The molecule has 1 heterocycles. The van der Waals surface area contributed by atoms with E-state index in [-0.39, 0.29) is 11.8 Å². The van der Waals surface area contributed by atoms with E-state index in [1.165, 1.54) is 6.07 Å². The Balaban J connectivity index is 1.84. The summed E-state index contributed by atoms with van der Waals surface area (Å²) in [6, 6.07) is 3.93. The molecule has 0 aromatic heterocycles. The van der Waals surface area contributed by atoms with Crippen molar-refractivity contribution in [1.29, 1.82) is 0 Å². The predicted molar refractivity (Wildman–Crippen MR) is 99.2 cm³/mol. The lowest BCUT2D eigenvalue weighted by atomic mass is 10.0. The van der Waals surface area contributed by atoms with E-state index in [4.69, 9.17) is 0 Å². The average Bonchev–Trinajstić information content (AvgIpc) is 3.16. The molecule has 1 aliphatic heterocycles. The van der Waals surface area contributed by atoms with Gasteiger partial charge < -0.3 is 15.5 Å². The highest BCUT2D eigenvalue weighted by Gasteiger charge is 2.17. The highest BCUT2D eigenvalue weighted by molar-refractivity contribution is 5.81. The topological polar surface area (TPSA) is 56.7 Å². The summed E-state index contributed by atoms with van der Waals surface area (Å²) in [6.07, 6.45) is 2.61. The van der Waals surface area contributed by atoms with Gasteiger partial charge in [-0.1, -0.05) is 13.0 Å². The molecular formula is C19H28F2N4O. The van der Waals surface area contributed by atoms with Gasteiger partial charge in [0.2, 0.25) is 5.91 Å². The minimum Gasteiger partial charge on any atom is -0.357 e. The summed E-state index contributed by atoms with van der Waals surface area (Å²) in [4.78, 5) is 18.4. The SMILES string of the molecule is CCNC(=NCC(C)c1ccc(F)c(F)c1)NCCC(=O)N1CCCC1. The summed E-state index contributed by atoms with van der Waals surface area (Å²) in [7, 11) is 0. The third-order valence-electron chi connectivity index (χ3n) is 4.47. The first kappa shape index (κ1) is 20.1. The van der Waals surface area contributed by atoms with Gasteiger partial charge in [0.25, 0.3) is 0 Å². The number of guanidine groups is 1. The third-order valence-corrected chi connectivity index (χ3v) is 4.47. The molecule has 1 saturated heterocycles. The van der Waals surface area contributed by atoms with Crippen LogP contribution in [0, 0.1) is 11.6 Å². The molecule has 0 aliphatic carbocycles. The van der Waals surface area contributed by atoms with Gasteiger partial charge in [0.1, 0.15) is 0 Å². The lowest BCUT2D eigenvalue weighted by Crippen LogP contribution is -2.40. The number of nitrogens with zero attached hydrogens (tertiary/aromatic N) is 2. The van der Waals surface area contributed by atoms with E-state index in [2.05, 4.69) is 15.6 Å². The molecule has 1 aromatic rings. The van der Waals surface area contributed by atoms with Crippen molar-refractivity contribution in [1.82, 2.24) is 15.5 Å². The number of hydrogen-bond donors (Lipinski definition) is 2. The van der Waals surface area contributed by atoms with Gasteiger partial charge >= 0.3 is 0 Å². The maximum absolute atomic E-state index is 13.4. The number of hydrogen-bond acceptors (Lipinski definition) is 2. The van der Waals surface area contributed by atoms with Crippen LogP contribution in [0.25, 0.3) is 0 Å². The molecule has 1 fully saturated rings. The molecule has 1 amide bonds. The molecule has 144 valence electrons. The zero-order valence-electron chi connectivity index (χ0n) is 15.5. The molecule has 1 unspecified atom stereocenters. The summed E-state index contributed by atoms with van der Waals surface area (Å²) in [6.45, 7) is 7.24. The molecule has 0 radical (unpaired) electrons. The Morgan fingerprint density at radius 2 is 1.96 bits per heavy atom. The monoisotopic (exact) mass is 366 g/mol. The van der Waals surface area contributed by atoms with E-state index in [9.17, 15) is 13.6 Å². The zero-order valence-corrected chi connectivity index (χ0v) is 15.5. The fraction of sp³-hybridized carbons (Fsp3) is 0.579. The first-order valence-corrected chi connectivity index (χ1v) is 9.26. The Labute approximate surface area is 153 Å². The number of rotatable bonds is 7. The lowest BCUT2D eigenvalue weighted by molar-refractivity contribution is -0.129. The molecule has 1 aliphatic rings. The molecular weight excluding hydrogens is 338 g/mol. The summed E-state index contributed by atoms with van der Waals surface area (Å²) in [5.41, 5.74) is 0.702. The van der Waals surface area contributed by atoms with Gasteiger partial charge in [0.15, 0.2) is 17.6 Å².